The van der Waals surface area contributed by atoms with Gasteiger partial charge in [-0.05, 0) is 61.0 Å². The van der Waals surface area contributed by atoms with Crippen molar-refractivity contribution in [2.45, 2.75) is 11.8 Å². The molecule has 0 aromatic heterocycles. The molecule has 0 spiro atoms. The molecule has 9 nitrogen and oxygen atoms in total. The third-order valence-electron chi connectivity index (χ3n) is 5.12. The van der Waals surface area contributed by atoms with Crippen LogP contribution in [0.4, 0.5) is 5.69 Å². The molecule has 202 valence electrons. The predicted molar refractivity (Wildman–Crippen MR) is 143 cm³/mol. The van der Waals surface area contributed by atoms with Crippen molar-refractivity contribution in [2.75, 3.05) is 31.7 Å². The number of carbonyl (C=O) groups is 2. The third kappa shape index (κ3) is 9.41. The molecule has 0 bridgehead atoms. The molecule has 1 amide bonds. The number of nitrogens with one attached hydrogen (secondary N) is 2. The van der Waals surface area contributed by atoms with Crippen molar-refractivity contribution in [1.82, 2.24) is 4.72 Å². The Kier molecular flexibility index (Phi) is 12.6. The number of halogens is 3. The van der Waals surface area contributed by atoms with Crippen LogP contribution in [0, 0.1) is 6.92 Å². The van der Waals surface area contributed by atoms with Crippen molar-refractivity contribution in [3.8, 4) is 5.75 Å². The number of carboxylic acid groups (broad SMARTS) is 1. The van der Waals surface area contributed by atoms with Crippen molar-refractivity contribution < 1.29 is 51.4 Å². The number of ether oxygens (including phenoxy) is 2. The van der Waals surface area contributed by atoms with Crippen LogP contribution in [0.3, 0.4) is 0 Å². The van der Waals surface area contributed by atoms with Gasteiger partial charge in [-0.25, -0.2) is 13.1 Å². The molecule has 0 atom stereocenters. The molecule has 0 fully saturated rings. The fraction of sp³-hybridized carbons (Fsp3) is 0.200. The van der Waals surface area contributed by atoms with Gasteiger partial charge in [0.25, 0.3) is 5.91 Å². The first-order chi connectivity index (χ1) is 18.0. The van der Waals surface area contributed by atoms with Gasteiger partial charge in [0.05, 0.1) is 40.4 Å². The minimum absolute atomic E-state index is 0. The molecular formula is C25H22Cl3LiN2O7S. The van der Waals surface area contributed by atoms with Crippen LogP contribution in [0.1, 0.15) is 26.3 Å². The van der Waals surface area contributed by atoms with E-state index in [4.69, 9.17) is 44.3 Å². The van der Waals surface area contributed by atoms with Crippen LogP contribution in [-0.4, -0.2) is 46.7 Å². The second kappa shape index (κ2) is 14.9. The SMILES string of the molecule is Cc1ccc(S(=O)(=O)NCCOCCOc2ccc(NC(=O)c3ccc(Cl)cc3Cl)c(C(=O)[O-])c2)cc1Cl.[Li+]. The molecular weight excluding hydrogens is 586 g/mol. The number of rotatable bonds is 12. The average Bonchev–Trinajstić information content (AvgIpc) is 2.85. The zero-order valence-corrected chi connectivity index (χ0v) is 24.0. The van der Waals surface area contributed by atoms with E-state index in [1.54, 1.807) is 13.0 Å². The number of carboxylic acids is 1. The Balaban J connectivity index is 0.00000533. The monoisotopic (exact) mass is 606 g/mol. The summed E-state index contributed by atoms with van der Waals surface area (Å²) in [4.78, 5) is 24.2. The van der Waals surface area contributed by atoms with E-state index in [-0.39, 0.29) is 77.7 Å². The molecule has 0 saturated carbocycles. The maximum Gasteiger partial charge on any atom is 1.00 e. The summed E-state index contributed by atoms with van der Waals surface area (Å²) >= 11 is 17.9. The minimum Gasteiger partial charge on any atom is -0.545 e. The van der Waals surface area contributed by atoms with Crippen LogP contribution in [0.15, 0.2) is 59.5 Å². The van der Waals surface area contributed by atoms with E-state index < -0.39 is 21.9 Å². The summed E-state index contributed by atoms with van der Waals surface area (Å²) in [6.45, 7) is 2.03. The fourth-order valence-corrected chi connectivity index (χ4v) is 4.93. The number of aromatic carboxylic acids is 1. The number of hydrogen-bond acceptors (Lipinski definition) is 7. The molecule has 0 saturated heterocycles. The second-order valence-electron chi connectivity index (χ2n) is 7.84. The first kappa shape index (κ1) is 32.9. The molecule has 0 heterocycles. The Hall–Kier alpha value is -2.26. The smallest absolute Gasteiger partial charge is 0.545 e. The number of aryl methyl sites for hydroxylation is 1. The normalized spacial score (nSPS) is 11.0. The average molecular weight is 608 g/mol. The van der Waals surface area contributed by atoms with Gasteiger partial charge >= 0.3 is 18.9 Å². The van der Waals surface area contributed by atoms with E-state index in [1.165, 1.54) is 48.5 Å². The Morgan fingerprint density at radius 1 is 0.897 bits per heavy atom. The maximum absolute atomic E-state index is 12.5. The molecule has 0 aliphatic carbocycles. The van der Waals surface area contributed by atoms with Crippen LogP contribution >= 0.6 is 34.8 Å². The van der Waals surface area contributed by atoms with E-state index in [0.717, 1.165) is 5.56 Å². The van der Waals surface area contributed by atoms with Crippen molar-refractivity contribution >= 4 is 62.4 Å². The molecule has 0 aliphatic heterocycles. The van der Waals surface area contributed by atoms with Crippen molar-refractivity contribution in [2.24, 2.45) is 0 Å². The molecule has 0 radical (unpaired) electrons. The van der Waals surface area contributed by atoms with E-state index in [9.17, 15) is 23.1 Å². The van der Waals surface area contributed by atoms with E-state index in [1.807, 2.05) is 0 Å². The maximum atomic E-state index is 12.5. The Labute approximate surface area is 253 Å². The molecule has 2 N–H and O–H groups in total. The number of hydrogen-bond donors (Lipinski definition) is 2. The Morgan fingerprint density at radius 3 is 2.31 bits per heavy atom. The molecule has 3 aromatic carbocycles. The number of benzene rings is 3. The minimum atomic E-state index is -3.73. The first-order valence-electron chi connectivity index (χ1n) is 11.1. The fourth-order valence-electron chi connectivity index (χ4n) is 3.15. The van der Waals surface area contributed by atoms with Crippen LogP contribution in [0.2, 0.25) is 15.1 Å². The Morgan fingerprint density at radius 2 is 1.64 bits per heavy atom. The van der Waals surface area contributed by atoms with Gasteiger partial charge in [-0.2, -0.15) is 0 Å². The summed E-state index contributed by atoms with van der Waals surface area (Å²) < 4.78 is 37.9. The van der Waals surface area contributed by atoms with Crippen molar-refractivity contribution in [3.05, 3.63) is 86.4 Å². The number of carbonyl (C=O) groups excluding carboxylic acids is 2. The number of amides is 1. The number of sulfonamides is 1. The zero-order chi connectivity index (χ0) is 27.9. The van der Waals surface area contributed by atoms with Gasteiger partial charge in [-0.15, -0.1) is 0 Å². The molecule has 39 heavy (non-hydrogen) atoms. The van der Waals surface area contributed by atoms with Crippen molar-refractivity contribution in [1.29, 1.82) is 0 Å². The largest absolute Gasteiger partial charge is 1.00 e. The van der Waals surface area contributed by atoms with Gasteiger partial charge in [0.15, 0.2) is 0 Å². The summed E-state index contributed by atoms with van der Waals surface area (Å²) in [5, 5.41) is 14.9. The van der Waals surface area contributed by atoms with Crippen LogP contribution in [-0.2, 0) is 14.8 Å². The molecule has 0 unspecified atom stereocenters. The van der Waals surface area contributed by atoms with E-state index in [2.05, 4.69) is 10.0 Å². The predicted octanol–water partition coefficient (Wildman–Crippen LogP) is 0.949. The topological polar surface area (TPSA) is 134 Å². The van der Waals surface area contributed by atoms with Gasteiger partial charge in [0, 0.05) is 22.2 Å². The summed E-state index contributed by atoms with van der Waals surface area (Å²) in [5.41, 5.74) is 0.574. The van der Waals surface area contributed by atoms with Crippen LogP contribution in [0.25, 0.3) is 0 Å². The summed E-state index contributed by atoms with van der Waals surface area (Å²) in [7, 11) is -3.73. The summed E-state index contributed by atoms with van der Waals surface area (Å²) in [6, 6.07) is 12.8. The van der Waals surface area contributed by atoms with Gasteiger partial charge in [-0.1, -0.05) is 40.9 Å². The third-order valence-corrected chi connectivity index (χ3v) is 7.54. The van der Waals surface area contributed by atoms with Gasteiger partial charge < -0.3 is 24.7 Å². The molecule has 14 heteroatoms. The van der Waals surface area contributed by atoms with Gasteiger partial charge in [-0.3, -0.25) is 4.79 Å². The van der Waals surface area contributed by atoms with E-state index >= 15 is 0 Å². The second-order valence-corrected chi connectivity index (χ2v) is 10.9. The standard InChI is InChI=1S/C25H23Cl3N2O7S.Li/c1-15-2-5-18(14-21(15)27)38(34,35)29-8-9-36-10-11-37-17-4-7-23(20(13-17)25(32)33)30-24(31)19-6-3-16(26)12-22(19)28;/h2-7,12-14,29H,8-11H2,1H3,(H,30,31)(H,32,33);/q;+1/p-1. The number of anilines is 1. The van der Waals surface area contributed by atoms with Gasteiger partial charge in [0.2, 0.25) is 10.0 Å². The Bertz CT molecular complexity index is 1460. The molecule has 3 rings (SSSR count). The summed E-state index contributed by atoms with van der Waals surface area (Å²) in [6.07, 6.45) is 0. The molecule has 3 aromatic rings. The van der Waals surface area contributed by atoms with Crippen LogP contribution < -0.4 is 38.7 Å². The quantitative estimate of drug-likeness (QED) is 0.231. The molecule has 0 aliphatic rings. The zero-order valence-electron chi connectivity index (χ0n) is 20.9. The summed E-state index contributed by atoms with van der Waals surface area (Å²) in [5.74, 6) is -1.95. The first-order valence-corrected chi connectivity index (χ1v) is 13.7. The van der Waals surface area contributed by atoms with Crippen LogP contribution in [0.5, 0.6) is 5.75 Å². The van der Waals surface area contributed by atoms with E-state index in [0.29, 0.717) is 10.0 Å². The van der Waals surface area contributed by atoms with Crippen molar-refractivity contribution in [3.63, 3.8) is 0 Å². The van der Waals surface area contributed by atoms with Gasteiger partial charge in [0.1, 0.15) is 12.4 Å².